The van der Waals surface area contributed by atoms with E-state index in [0.29, 0.717) is 18.1 Å². The van der Waals surface area contributed by atoms with Gasteiger partial charge in [0.2, 0.25) is 0 Å². The SMILES string of the molecule is Cc1ccc(Nc2cc(C(=O)NCc3ccncc3)ncn2)cc1. The first-order valence-corrected chi connectivity index (χ1v) is 7.53. The maximum Gasteiger partial charge on any atom is 0.270 e. The third-order valence-corrected chi connectivity index (χ3v) is 3.43. The smallest absolute Gasteiger partial charge is 0.270 e. The van der Waals surface area contributed by atoms with Crippen LogP contribution in [0.25, 0.3) is 0 Å². The lowest BCUT2D eigenvalue weighted by Crippen LogP contribution is -2.24. The maximum atomic E-state index is 12.2. The number of hydrogen-bond donors (Lipinski definition) is 2. The van der Waals surface area contributed by atoms with E-state index in [1.165, 1.54) is 11.9 Å². The Morgan fingerprint density at radius 3 is 2.54 bits per heavy atom. The van der Waals surface area contributed by atoms with E-state index in [-0.39, 0.29) is 5.91 Å². The molecule has 2 N–H and O–H groups in total. The van der Waals surface area contributed by atoms with E-state index in [4.69, 9.17) is 0 Å². The number of pyridine rings is 1. The summed E-state index contributed by atoms with van der Waals surface area (Å²) in [5.41, 5.74) is 3.38. The molecule has 3 rings (SSSR count). The second kappa shape index (κ2) is 7.32. The van der Waals surface area contributed by atoms with Gasteiger partial charge in [-0.05, 0) is 36.8 Å². The molecule has 1 amide bonds. The molecular formula is C18H17N5O. The summed E-state index contributed by atoms with van der Waals surface area (Å²) in [5, 5.41) is 5.99. The van der Waals surface area contributed by atoms with Crippen LogP contribution in [-0.2, 0) is 6.54 Å². The van der Waals surface area contributed by atoms with Crippen LogP contribution in [0.1, 0.15) is 21.6 Å². The quantitative estimate of drug-likeness (QED) is 0.756. The first-order chi connectivity index (χ1) is 11.7. The number of hydrogen-bond acceptors (Lipinski definition) is 5. The van der Waals surface area contributed by atoms with Gasteiger partial charge in [-0.25, -0.2) is 9.97 Å². The number of aromatic nitrogens is 3. The van der Waals surface area contributed by atoms with Crippen molar-refractivity contribution in [2.24, 2.45) is 0 Å². The van der Waals surface area contributed by atoms with Gasteiger partial charge in [-0.3, -0.25) is 9.78 Å². The van der Waals surface area contributed by atoms with Gasteiger partial charge in [0.25, 0.3) is 5.91 Å². The van der Waals surface area contributed by atoms with Crippen LogP contribution >= 0.6 is 0 Å². The van der Waals surface area contributed by atoms with Crippen LogP contribution in [-0.4, -0.2) is 20.9 Å². The molecule has 0 aliphatic carbocycles. The molecule has 0 saturated carbocycles. The Balaban J connectivity index is 1.65. The maximum absolute atomic E-state index is 12.2. The average Bonchev–Trinajstić information content (AvgIpc) is 2.63. The van der Waals surface area contributed by atoms with Crippen molar-refractivity contribution >= 4 is 17.4 Å². The van der Waals surface area contributed by atoms with Crippen LogP contribution in [0.3, 0.4) is 0 Å². The molecule has 0 atom stereocenters. The predicted molar refractivity (Wildman–Crippen MR) is 91.9 cm³/mol. The number of rotatable bonds is 5. The highest BCUT2D eigenvalue weighted by atomic mass is 16.1. The second-order valence-corrected chi connectivity index (χ2v) is 5.32. The molecule has 2 heterocycles. The van der Waals surface area contributed by atoms with Gasteiger partial charge in [0, 0.05) is 30.7 Å². The molecule has 6 heteroatoms. The number of amides is 1. The molecule has 0 bridgehead atoms. The van der Waals surface area contributed by atoms with Crippen molar-refractivity contribution in [1.29, 1.82) is 0 Å². The molecule has 0 aliphatic rings. The number of nitrogens with zero attached hydrogens (tertiary/aromatic N) is 3. The van der Waals surface area contributed by atoms with Crippen LogP contribution in [0.2, 0.25) is 0 Å². The van der Waals surface area contributed by atoms with Gasteiger partial charge in [-0.2, -0.15) is 0 Å². The lowest BCUT2D eigenvalue weighted by atomic mass is 10.2. The Labute approximate surface area is 140 Å². The lowest BCUT2D eigenvalue weighted by molar-refractivity contribution is 0.0946. The van der Waals surface area contributed by atoms with Gasteiger partial charge in [0.15, 0.2) is 0 Å². The highest BCUT2D eigenvalue weighted by Gasteiger charge is 2.08. The van der Waals surface area contributed by atoms with Crippen LogP contribution in [0.5, 0.6) is 0 Å². The third kappa shape index (κ3) is 4.13. The van der Waals surface area contributed by atoms with Crippen molar-refractivity contribution in [3.8, 4) is 0 Å². The summed E-state index contributed by atoms with van der Waals surface area (Å²) in [4.78, 5) is 24.3. The monoisotopic (exact) mass is 319 g/mol. The number of aryl methyl sites for hydroxylation is 1. The summed E-state index contributed by atoms with van der Waals surface area (Å²) in [5.74, 6) is 0.323. The minimum absolute atomic E-state index is 0.249. The van der Waals surface area contributed by atoms with Crippen molar-refractivity contribution in [1.82, 2.24) is 20.3 Å². The average molecular weight is 319 g/mol. The van der Waals surface area contributed by atoms with Gasteiger partial charge >= 0.3 is 0 Å². The molecule has 6 nitrogen and oxygen atoms in total. The molecule has 0 unspecified atom stereocenters. The molecule has 0 saturated heterocycles. The first kappa shape index (κ1) is 15.6. The van der Waals surface area contributed by atoms with E-state index in [1.807, 2.05) is 43.3 Å². The van der Waals surface area contributed by atoms with Crippen LogP contribution in [0.4, 0.5) is 11.5 Å². The fourth-order valence-corrected chi connectivity index (χ4v) is 2.11. The Hall–Kier alpha value is -3.28. The minimum atomic E-state index is -0.249. The molecule has 120 valence electrons. The Bertz CT molecular complexity index is 818. The molecule has 3 aromatic rings. The third-order valence-electron chi connectivity index (χ3n) is 3.43. The summed E-state index contributed by atoms with van der Waals surface area (Å²) in [6.07, 6.45) is 4.75. The Morgan fingerprint density at radius 1 is 1.04 bits per heavy atom. The Kier molecular flexibility index (Phi) is 4.76. The largest absolute Gasteiger partial charge is 0.347 e. The van der Waals surface area contributed by atoms with E-state index in [2.05, 4.69) is 25.6 Å². The number of benzene rings is 1. The lowest BCUT2D eigenvalue weighted by Gasteiger charge is -2.08. The standard InChI is InChI=1S/C18H17N5O/c1-13-2-4-15(5-3-13)23-17-10-16(21-12-22-17)18(24)20-11-14-6-8-19-9-7-14/h2-10,12H,11H2,1H3,(H,20,24)(H,21,22,23). The van der Waals surface area contributed by atoms with E-state index in [9.17, 15) is 4.79 Å². The topological polar surface area (TPSA) is 79.8 Å². The summed E-state index contributed by atoms with van der Waals surface area (Å²) in [7, 11) is 0. The normalized spacial score (nSPS) is 10.2. The summed E-state index contributed by atoms with van der Waals surface area (Å²) in [6.45, 7) is 2.45. The van der Waals surface area contributed by atoms with Gasteiger partial charge < -0.3 is 10.6 Å². The number of nitrogens with one attached hydrogen (secondary N) is 2. The molecular weight excluding hydrogens is 302 g/mol. The highest BCUT2D eigenvalue weighted by molar-refractivity contribution is 5.92. The predicted octanol–water partition coefficient (Wildman–Crippen LogP) is 2.85. The van der Waals surface area contributed by atoms with Crippen LogP contribution in [0.15, 0.2) is 61.2 Å². The second-order valence-electron chi connectivity index (χ2n) is 5.32. The molecule has 0 fully saturated rings. The molecule has 0 radical (unpaired) electrons. The van der Waals surface area contributed by atoms with E-state index in [0.717, 1.165) is 11.3 Å². The van der Waals surface area contributed by atoms with Gasteiger partial charge in [0.1, 0.15) is 17.8 Å². The van der Waals surface area contributed by atoms with Crippen molar-refractivity contribution in [2.45, 2.75) is 13.5 Å². The van der Waals surface area contributed by atoms with E-state index < -0.39 is 0 Å². The molecule has 0 aliphatic heterocycles. The summed E-state index contributed by atoms with van der Waals surface area (Å²) < 4.78 is 0. The molecule has 0 spiro atoms. The number of anilines is 2. The van der Waals surface area contributed by atoms with E-state index >= 15 is 0 Å². The van der Waals surface area contributed by atoms with Crippen molar-refractivity contribution < 1.29 is 4.79 Å². The number of carbonyl (C=O) groups excluding carboxylic acids is 1. The van der Waals surface area contributed by atoms with Gasteiger partial charge in [-0.1, -0.05) is 17.7 Å². The fraction of sp³-hybridized carbons (Fsp3) is 0.111. The van der Waals surface area contributed by atoms with Crippen LogP contribution in [0, 0.1) is 6.92 Å². The highest BCUT2D eigenvalue weighted by Crippen LogP contribution is 2.15. The zero-order chi connectivity index (χ0) is 16.8. The zero-order valence-corrected chi connectivity index (χ0v) is 13.2. The molecule has 2 aromatic heterocycles. The van der Waals surface area contributed by atoms with Gasteiger partial charge in [-0.15, -0.1) is 0 Å². The number of carbonyl (C=O) groups is 1. The molecule has 24 heavy (non-hydrogen) atoms. The zero-order valence-electron chi connectivity index (χ0n) is 13.2. The fourth-order valence-electron chi connectivity index (χ4n) is 2.11. The molecule has 1 aromatic carbocycles. The van der Waals surface area contributed by atoms with Crippen LogP contribution < -0.4 is 10.6 Å². The summed E-state index contributed by atoms with van der Waals surface area (Å²) in [6, 6.07) is 13.3. The van der Waals surface area contributed by atoms with Crippen molar-refractivity contribution in [3.63, 3.8) is 0 Å². The minimum Gasteiger partial charge on any atom is -0.347 e. The summed E-state index contributed by atoms with van der Waals surface area (Å²) >= 11 is 0. The van der Waals surface area contributed by atoms with E-state index in [1.54, 1.807) is 18.5 Å². The first-order valence-electron chi connectivity index (χ1n) is 7.53. The Morgan fingerprint density at radius 2 is 1.79 bits per heavy atom. The van der Waals surface area contributed by atoms with Crippen molar-refractivity contribution in [2.75, 3.05) is 5.32 Å². The van der Waals surface area contributed by atoms with Crippen molar-refractivity contribution in [3.05, 3.63) is 78.0 Å². The van der Waals surface area contributed by atoms with Gasteiger partial charge in [0.05, 0.1) is 0 Å².